The van der Waals surface area contributed by atoms with E-state index in [2.05, 4.69) is 25.5 Å². The maximum Gasteiger partial charge on any atom is 0.259 e. The van der Waals surface area contributed by atoms with Gasteiger partial charge in [-0.05, 0) is 29.8 Å². The van der Waals surface area contributed by atoms with Crippen LogP contribution in [-0.4, -0.2) is 36.0 Å². The molecule has 114 valence electrons. The quantitative estimate of drug-likeness (QED) is 0.565. The van der Waals surface area contributed by atoms with Crippen molar-refractivity contribution in [3.05, 3.63) is 26.6 Å². The van der Waals surface area contributed by atoms with Gasteiger partial charge < -0.3 is 4.98 Å². The van der Waals surface area contributed by atoms with Gasteiger partial charge >= 0.3 is 0 Å². The van der Waals surface area contributed by atoms with Crippen molar-refractivity contribution in [1.82, 2.24) is 30.2 Å². The van der Waals surface area contributed by atoms with Crippen molar-refractivity contribution in [2.24, 2.45) is 7.05 Å². The number of hydrogen-bond acceptors (Lipinski definition) is 8. The molecule has 3 aromatic rings. The SMILES string of the molecule is CC(=O)c1sc2nc(CSc3nnnn3C)[nH]c(=O)c2c1C. The number of fused-ring (bicyclic) bond motifs is 1. The number of H-pyrrole nitrogens is 1. The zero-order valence-electron chi connectivity index (χ0n) is 12.1. The molecule has 3 rings (SSSR count). The summed E-state index contributed by atoms with van der Waals surface area (Å²) in [5, 5.41) is 12.3. The number of aromatic nitrogens is 6. The second-order valence-corrected chi connectivity index (χ2v) is 6.62. The Bertz CT molecular complexity index is 925. The van der Waals surface area contributed by atoms with Crippen LogP contribution in [0.4, 0.5) is 0 Å². The topological polar surface area (TPSA) is 106 Å². The van der Waals surface area contributed by atoms with E-state index in [0.717, 1.165) is 0 Å². The smallest absolute Gasteiger partial charge is 0.259 e. The lowest BCUT2D eigenvalue weighted by Gasteiger charge is -2.00. The van der Waals surface area contributed by atoms with Gasteiger partial charge in [-0.25, -0.2) is 9.67 Å². The summed E-state index contributed by atoms with van der Waals surface area (Å²) in [6.07, 6.45) is 0. The predicted molar refractivity (Wildman–Crippen MR) is 83.3 cm³/mol. The van der Waals surface area contributed by atoms with Crippen LogP contribution < -0.4 is 5.56 Å². The fourth-order valence-corrected chi connectivity index (χ4v) is 3.89. The Kier molecular flexibility index (Phi) is 3.79. The van der Waals surface area contributed by atoms with Gasteiger partial charge in [-0.2, -0.15) is 0 Å². The molecule has 0 aliphatic rings. The van der Waals surface area contributed by atoms with Crippen LogP contribution in [0.1, 0.15) is 28.0 Å². The molecule has 0 amide bonds. The molecule has 8 nitrogen and oxygen atoms in total. The number of thioether (sulfide) groups is 1. The molecule has 0 aromatic carbocycles. The van der Waals surface area contributed by atoms with E-state index in [1.807, 2.05) is 0 Å². The summed E-state index contributed by atoms with van der Waals surface area (Å²) in [6, 6.07) is 0. The molecule has 22 heavy (non-hydrogen) atoms. The van der Waals surface area contributed by atoms with Crippen molar-refractivity contribution >= 4 is 39.1 Å². The van der Waals surface area contributed by atoms with Gasteiger partial charge in [-0.1, -0.05) is 11.8 Å². The summed E-state index contributed by atoms with van der Waals surface area (Å²) < 4.78 is 1.55. The highest BCUT2D eigenvalue weighted by atomic mass is 32.2. The lowest BCUT2D eigenvalue weighted by molar-refractivity contribution is 0.102. The number of Topliss-reactive ketones (excluding diaryl/α,β-unsaturated/α-hetero) is 1. The molecule has 0 radical (unpaired) electrons. The van der Waals surface area contributed by atoms with Crippen LogP contribution in [-0.2, 0) is 12.8 Å². The van der Waals surface area contributed by atoms with E-state index < -0.39 is 0 Å². The Labute approximate surface area is 133 Å². The number of nitrogens with one attached hydrogen (secondary N) is 1. The molecule has 0 bridgehead atoms. The minimum atomic E-state index is -0.224. The summed E-state index contributed by atoms with van der Waals surface area (Å²) in [5.74, 6) is 0.911. The fourth-order valence-electron chi connectivity index (χ4n) is 2.07. The zero-order chi connectivity index (χ0) is 15.9. The minimum absolute atomic E-state index is 0.0546. The molecular formula is C12H12N6O2S2. The normalized spacial score (nSPS) is 11.2. The third-order valence-electron chi connectivity index (χ3n) is 3.09. The summed E-state index contributed by atoms with van der Waals surface area (Å²) in [6.45, 7) is 3.26. The molecule has 0 fully saturated rings. The average Bonchev–Trinajstić information content (AvgIpc) is 3.00. The number of tetrazole rings is 1. The molecule has 10 heteroatoms. The number of ketones is 1. The second kappa shape index (κ2) is 5.61. The molecule has 0 saturated heterocycles. The molecule has 3 heterocycles. The summed E-state index contributed by atoms with van der Waals surface area (Å²) >= 11 is 2.62. The largest absolute Gasteiger partial charge is 0.309 e. The first-order valence-electron chi connectivity index (χ1n) is 6.35. The van der Waals surface area contributed by atoms with Crippen molar-refractivity contribution in [3.8, 4) is 0 Å². The molecule has 0 unspecified atom stereocenters. The van der Waals surface area contributed by atoms with Gasteiger partial charge in [0, 0.05) is 7.05 Å². The molecule has 0 saturated carbocycles. The monoisotopic (exact) mass is 336 g/mol. The maximum absolute atomic E-state index is 12.2. The highest BCUT2D eigenvalue weighted by Crippen LogP contribution is 2.28. The van der Waals surface area contributed by atoms with Crippen molar-refractivity contribution in [3.63, 3.8) is 0 Å². The third kappa shape index (κ3) is 2.55. The number of carbonyl (C=O) groups is 1. The third-order valence-corrected chi connectivity index (χ3v) is 5.40. The number of thiophene rings is 1. The number of aryl methyl sites for hydroxylation is 2. The van der Waals surface area contributed by atoms with Gasteiger partial charge in [0.1, 0.15) is 10.7 Å². The Morgan fingerprint density at radius 1 is 1.45 bits per heavy atom. The van der Waals surface area contributed by atoms with Crippen molar-refractivity contribution in [2.45, 2.75) is 24.8 Å². The maximum atomic E-state index is 12.2. The van der Waals surface area contributed by atoms with E-state index in [-0.39, 0.29) is 11.3 Å². The number of hydrogen-bond donors (Lipinski definition) is 1. The number of aromatic amines is 1. The Morgan fingerprint density at radius 3 is 2.86 bits per heavy atom. The van der Waals surface area contributed by atoms with E-state index in [9.17, 15) is 9.59 Å². The summed E-state index contributed by atoms with van der Waals surface area (Å²) in [4.78, 5) is 32.2. The van der Waals surface area contributed by atoms with E-state index in [1.54, 1.807) is 18.7 Å². The van der Waals surface area contributed by atoms with Crippen LogP contribution in [0.5, 0.6) is 0 Å². The van der Waals surface area contributed by atoms with E-state index in [1.165, 1.54) is 30.0 Å². The van der Waals surface area contributed by atoms with E-state index >= 15 is 0 Å². The zero-order valence-corrected chi connectivity index (χ0v) is 13.7. The molecule has 0 atom stereocenters. The van der Waals surface area contributed by atoms with Crippen LogP contribution in [0.25, 0.3) is 10.2 Å². The first-order chi connectivity index (χ1) is 10.5. The Hall–Kier alpha value is -2.07. The van der Waals surface area contributed by atoms with Gasteiger partial charge in [-0.3, -0.25) is 9.59 Å². The highest BCUT2D eigenvalue weighted by Gasteiger charge is 2.17. The van der Waals surface area contributed by atoms with Crippen LogP contribution in [0.2, 0.25) is 0 Å². The molecule has 0 aliphatic carbocycles. The van der Waals surface area contributed by atoms with Crippen LogP contribution >= 0.6 is 23.1 Å². The van der Waals surface area contributed by atoms with Crippen molar-refractivity contribution in [1.29, 1.82) is 0 Å². The van der Waals surface area contributed by atoms with Crippen molar-refractivity contribution < 1.29 is 4.79 Å². The van der Waals surface area contributed by atoms with Gasteiger partial charge in [0.15, 0.2) is 5.78 Å². The van der Waals surface area contributed by atoms with Gasteiger partial charge in [0.25, 0.3) is 5.56 Å². The fraction of sp³-hybridized carbons (Fsp3) is 0.333. The van der Waals surface area contributed by atoms with Crippen molar-refractivity contribution in [2.75, 3.05) is 0 Å². The second-order valence-electron chi connectivity index (χ2n) is 4.68. The van der Waals surface area contributed by atoms with Crippen LogP contribution in [0.15, 0.2) is 9.95 Å². The first-order valence-corrected chi connectivity index (χ1v) is 8.16. The minimum Gasteiger partial charge on any atom is -0.309 e. The van der Waals surface area contributed by atoms with Gasteiger partial charge in [0.05, 0.1) is 16.0 Å². The molecule has 0 aliphatic heterocycles. The molecule has 0 spiro atoms. The Morgan fingerprint density at radius 2 is 2.23 bits per heavy atom. The highest BCUT2D eigenvalue weighted by molar-refractivity contribution is 7.98. The number of nitrogens with zero attached hydrogens (tertiary/aromatic N) is 5. The predicted octanol–water partition coefficient (Wildman–Crippen LogP) is 1.31. The van der Waals surface area contributed by atoms with E-state index in [0.29, 0.717) is 37.4 Å². The first kappa shape index (κ1) is 14.9. The lowest BCUT2D eigenvalue weighted by atomic mass is 10.2. The van der Waals surface area contributed by atoms with Crippen LogP contribution in [0, 0.1) is 6.92 Å². The number of carbonyl (C=O) groups excluding carboxylic acids is 1. The molecular weight excluding hydrogens is 324 g/mol. The molecule has 1 N–H and O–H groups in total. The Balaban J connectivity index is 1.97. The summed E-state index contributed by atoms with van der Waals surface area (Å²) in [5.41, 5.74) is 0.468. The summed E-state index contributed by atoms with van der Waals surface area (Å²) in [7, 11) is 1.74. The number of rotatable bonds is 4. The standard InChI is InChI=1S/C12H12N6O2S2/c1-5-8-10(20)13-7(4-21-12-15-16-17-18(12)3)14-11(8)22-9(5)6(2)19/h4H2,1-3H3,(H,13,14,20). The van der Waals surface area contributed by atoms with Crippen LogP contribution in [0.3, 0.4) is 0 Å². The average molecular weight is 336 g/mol. The van der Waals surface area contributed by atoms with Gasteiger partial charge in [0.2, 0.25) is 5.16 Å². The lowest BCUT2D eigenvalue weighted by Crippen LogP contribution is -2.11. The molecule has 3 aromatic heterocycles. The van der Waals surface area contributed by atoms with Gasteiger partial charge in [-0.15, -0.1) is 16.4 Å². The van der Waals surface area contributed by atoms with E-state index in [4.69, 9.17) is 0 Å².